The predicted octanol–water partition coefficient (Wildman–Crippen LogP) is 3.12. The van der Waals surface area contributed by atoms with Crippen molar-refractivity contribution in [3.63, 3.8) is 0 Å². The first-order valence-electron chi connectivity index (χ1n) is 10.8. The van der Waals surface area contributed by atoms with E-state index < -0.39 is 0 Å². The van der Waals surface area contributed by atoms with Gasteiger partial charge in [-0.05, 0) is 61.9 Å². The zero-order valence-corrected chi connectivity index (χ0v) is 15.7. The van der Waals surface area contributed by atoms with E-state index in [0.717, 1.165) is 38.0 Å². The van der Waals surface area contributed by atoms with Crippen LogP contribution in [0, 0.1) is 34.0 Å². The van der Waals surface area contributed by atoms with Crippen molar-refractivity contribution in [2.24, 2.45) is 34.0 Å². The topological polar surface area (TPSA) is 38.8 Å². The van der Waals surface area contributed by atoms with Gasteiger partial charge in [0, 0.05) is 17.4 Å². The molecule has 9 fully saturated rings. The van der Waals surface area contributed by atoms with E-state index in [9.17, 15) is 4.79 Å². The average molecular weight is 355 g/mol. The smallest absolute Gasteiger partial charge is 0.167 e. The molecule has 4 aliphatic heterocycles. The van der Waals surface area contributed by atoms with Crippen LogP contribution in [0.2, 0.25) is 0 Å². The number of ether oxygens (including phenoxy) is 2. The van der Waals surface area contributed by atoms with Crippen LogP contribution in [0.15, 0.2) is 12.2 Å². The fourth-order valence-electron chi connectivity index (χ4n) is 9.47. The molecular formula is C22H29NO3. The monoisotopic (exact) mass is 355 g/mol. The van der Waals surface area contributed by atoms with Gasteiger partial charge >= 0.3 is 0 Å². The number of piperidine rings is 1. The number of carbonyl (C=O) groups excluding carboxylic acids is 1. The number of hydrogen-bond acceptors (Lipinski definition) is 4. The summed E-state index contributed by atoms with van der Waals surface area (Å²) < 4.78 is 13.2. The van der Waals surface area contributed by atoms with Gasteiger partial charge < -0.3 is 9.47 Å². The maximum absolute atomic E-state index is 13.5. The minimum Gasteiger partial charge on any atom is -0.361 e. The highest BCUT2D eigenvalue weighted by Gasteiger charge is 2.81. The highest BCUT2D eigenvalue weighted by molar-refractivity contribution is 6.02. The summed E-state index contributed by atoms with van der Waals surface area (Å²) in [6.45, 7) is 8.55. The number of fused-ring (bicyclic) bond motifs is 4. The fourth-order valence-corrected chi connectivity index (χ4v) is 9.47. The van der Waals surface area contributed by atoms with E-state index in [2.05, 4.69) is 18.4 Å². The van der Waals surface area contributed by atoms with Crippen molar-refractivity contribution >= 4 is 5.78 Å². The fraction of sp³-hybridized carbons (Fsp3) is 0.864. The van der Waals surface area contributed by atoms with Gasteiger partial charge in [-0.2, -0.15) is 0 Å². The lowest BCUT2D eigenvalue weighted by molar-refractivity contribution is -0.404. The van der Waals surface area contributed by atoms with Gasteiger partial charge in [0.2, 0.25) is 0 Å². The van der Waals surface area contributed by atoms with Crippen LogP contribution in [0.4, 0.5) is 0 Å². The van der Waals surface area contributed by atoms with Crippen molar-refractivity contribution in [1.29, 1.82) is 0 Å². The number of ketones is 1. The van der Waals surface area contributed by atoms with Gasteiger partial charge in [-0.25, -0.2) is 4.90 Å². The second kappa shape index (κ2) is 4.31. The van der Waals surface area contributed by atoms with E-state index in [-0.39, 0.29) is 34.8 Å². The maximum Gasteiger partial charge on any atom is 0.167 e. The van der Waals surface area contributed by atoms with Crippen molar-refractivity contribution in [3.8, 4) is 0 Å². The Morgan fingerprint density at radius 3 is 2.92 bits per heavy atom. The summed E-state index contributed by atoms with van der Waals surface area (Å²) in [5.74, 6) is 1.98. The first-order chi connectivity index (χ1) is 12.5. The van der Waals surface area contributed by atoms with Gasteiger partial charge in [-0.3, -0.25) is 4.79 Å². The second-order valence-electron chi connectivity index (χ2n) is 10.6. The number of Topliss-reactive ketones (excluding diaryl/α,β-unsaturated/α-hetero) is 1. The summed E-state index contributed by atoms with van der Waals surface area (Å²) in [6.07, 6.45) is 8.74. The highest BCUT2D eigenvalue weighted by Crippen LogP contribution is 2.78. The molecule has 0 radical (unpaired) electrons. The van der Waals surface area contributed by atoms with Gasteiger partial charge in [0.25, 0.3) is 0 Å². The molecule has 0 amide bonds. The minimum atomic E-state index is -0.246. The molecule has 0 N–H and O–H groups in total. The standard InChI is InChI=1S/C22H29NO3/c1-12-13-4-7-22(17(12)24)15(10-13)21-6-3-5-20(2)14(21)11-16(22)26-19(21)23-8-9-25-18(20)23/h13-16,18-19H,1,3-11H2,2H3/t13-,14?,15?,16+,18?,19+,20+,21-,22?/m0/s1. The number of rotatable bonds is 0. The molecule has 0 aromatic rings. The Balaban J connectivity index is 1.46. The molecule has 5 saturated carbocycles. The average Bonchev–Trinajstić information content (AvgIpc) is 3.14. The Bertz CT molecular complexity index is 750. The summed E-state index contributed by atoms with van der Waals surface area (Å²) >= 11 is 0. The van der Waals surface area contributed by atoms with Gasteiger partial charge in [0.1, 0.15) is 12.5 Å². The van der Waals surface area contributed by atoms with E-state index in [0.29, 0.717) is 23.5 Å². The van der Waals surface area contributed by atoms with E-state index in [1.165, 1.54) is 25.7 Å². The molecule has 9 rings (SSSR count). The van der Waals surface area contributed by atoms with Gasteiger partial charge in [0.15, 0.2) is 5.78 Å². The lowest BCUT2D eigenvalue weighted by Crippen LogP contribution is -2.82. The Hall–Kier alpha value is -0.710. The minimum absolute atomic E-state index is 0.105. The zero-order valence-electron chi connectivity index (χ0n) is 15.7. The van der Waals surface area contributed by atoms with Crippen molar-refractivity contribution in [2.75, 3.05) is 13.2 Å². The maximum atomic E-state index is 13.5. The lowest BCUT2D eigenvalue weighted by atomic mass is 9.32. The van der Waals surface area contributed by atoms with Crippen LogP contribution in [0.5, 0.6) is 0 Å². The van der Waals surface area contributed by atoms with Crippen LogP contribution >= 0.6 is 0 Å². The molecule has 26 heavy (non-hydrogen) atoms. The number of nitrogens with zero attached hydrogens (tertiary/aromatic N) is 1. The molecule has 9 aliphatic rings. The van der Waals surface area contributed by atoms with Gasteiger partial charge in [-0.15, -0.1) is 0 Å². The van der Waals surface area contributed by atoms with Crippen molar-refractivity contribution in [1.82, 2.24) is 4.90 Å². The molecule has 4 heteroatoms. The summed E-state index contributed by atoms with van der Waals surface area (Å²) in [6, 6.07) is 0. The molecular weight excluding hydrogens is 326 g/mol. The van der Waals surface area contributed by atoms with Crippen LogP contribution < -0.4 is 0 Å². The summed E-state index contributed by atoms with van der Waals surface area (Å²) in [5.41, 5.74) is 1.07. The number of hydrogen-bond donors (Lipinski definition) is 0. The summed E-state index contributed by atoms with van der Waals surface area (Å²) in [7, 11) is 0. The molecule has 0 aromatic heterocycles. The van der Waals surface area contributed by atoms with Crippen LogP contribution in [-0.2, 0) is 14.3 Å². The normalized spacial score (nSPS) is 62.3. The Labute approximate surface area is 155 Å². The summed E-state index contributed by atoms with van der Waals surface area (Å²) in [4.78, 5) is 16.1. The molecule has 5 aliphatic carbocycles. The van der Waals surface area contributed by atoms with Crippen LogP contribution in [0.3, 0.4) is 0 Å². The molecule has 4 nitrogen and oxygen atoms in total. The number of allylic oxidation sites excluding steroid dienone is 1. The van der Waals surface area contributed by atoms with E-state index in [4.69, 9.17) is 9.47 Å². The third kappa shape index (κ3) is 1.27. The summed E-state index contributed by atoms with van der Waals surface area (Å²) in [5, 5.41) is 0. The number of carbonyl (C=O) groups is 1. The van der Waals surface area contributed by atoms with Crippen molar-refractivity contribution < 1.29 is 14.3 Å². The van der Waals surface area contributed by atoms with Crippen LogP contribution in [0.25, 0.3) is 0 Å². The Morgan fingerprint density at radius 2 is 2.04 bits per heavy atom. The van der Waals surface area contributed by atoms with E-state index in [1.54, 1.807) is 0 Å². The van der Waals surface area contributed by atoms with Crippen molar-refractivity contribution in [2.45, 2.75) is 70.4 Å². The first-order valence-corrected chi connectivity index (χ1v) is 10.8. The molecule has 140 valence electrons. The van der Waals surface area contributed by atoms with Crippen LogP contribution in [-0.4, -0.2) is 42.4 Å². The van der Waals surface area contributed by atoms with E-state index in [1.807, 2.05) is 0 Å². The third-order valence-corrected chi connectivity index (χ3v) is 10.2. The predicted molar refractivity (Wildman–Crippen MR) is 95.0 cm³/mol. The molecule has 7 bridgehead atoms. The molecule has 2 spiro atoms. The highest BCUT2D eigenvalue weighted by atomic mass is 16.6. The molecule has 4 unspecified atom stereocenters. The van der Waals surface area contributed by atoms with E-state index >= 15 is 0 Å². The molecule has 0 aromatic carbocycles. The Morgan fingerprint density at radius 1 is 1.15 bits per heavy atom. The largest absolute Gasteiger partial charge is 0.361 e. The van der Waals surface area contributed by atoms with Crippen LogP contribution in [0.1, 0.15) is 51.9 Å². The zero-order chi connectivity index (χ0) is 17.5. The molecule has 4 saturated heterocycles. The lowest BCUT2D eigenvalue weighted by Gasteiger charge is -2.78. The Kier molecular flexibility index (Phi) is 2.53. The second-order valence-corrected chi connectivity index (χ2v) is 10.6. The quantitative estimate of drug-likeness (QED) is 0.626. The molecule has 4 heterocycles. The van der Waals surface area contributed by atoms with Crippen molar-refractivity contribution in [3.05, 3.63) is 12.2 Å². The first kappa shape index (κ1) is 15.2. The third-order valence-electron chi connectivity index (χ3n) is 10.2. The molecule has 9 atom stereocenters. The van der Waals surface area contributed by atoms with Gasteiger partial charge in [-0.1, -0.05) is 19.9 Å². The van der Waals surface area contributed by atoms with Gasteiger partial charge in [0.05, 0.1) is 18.1 Å². The SMILES string of the molecule is C=C1C(=O)C23CC[C@H]1CC2[C@@]12CCC[C@@]4(C)C5OCCN5[C@@H]1O[C@@H]3CC42.